The Morgan fingerprint density at radius 2 is 1.88 bits per heavy atom. The Kier molecular flexibility index (Phi) is 2.93. The van der Waals surface area contributed by atoms with Crippen LogP contribution in [0.15, 0.2) is 18.2 Å². The van der Waals surface area contributed by atoms with E-state index in [0.29, 0.717) is 15.8 Å². The number of carboxylic acids is 1. The first-order valence-corrected chi connectivity index (χ1v) is 5.31. The lowest BCUT2D eigenvalue weighted by atomic mass is 10.1. The van der Waals surface area contributed by atoms with Crippen LogP contribution in [0.3, 0.4) is 0 Å². The van der Waals surface area contributed by atoms with Crippen molar-refractivity contribution in [1.29, 1.82) is 0 Å². The Morgan fingerprint density at radius 1 is 1.19 bits per heavy atom. The highest BCUT2D eigenvalue weighted by Crippen LogP contribution is 2.33. The van der Waals surface area contributed by atoms with E-state index in [1.54, 1.807) is 12.1 Å². The number of rotatable bonds is 1. The van der Waals surface area contributed by atoms with Gasteiger partial charge in [-0.1, -0.05) is 34.8 Å². The molecule has 0 aliphatic rings. The zero-order valence-corrected chi connectivity index (χ0v) is 9.94. The van der Waals surface area contributed by atoms with Crippen molar-refractivity contribution in [2.45, 2.75) is 0 Å². The van der Waals surface area contributed by atoms with Gasteiger partial charge in [-0.25, -0.2) is 9.78 Å². The average molecular weight is 277 g/mol. The number of fused-ring (bicyclic) bond motifs is 1. The van der Waals surface area contributed by atoms with Gasteiger partial charge in [-0.05, 0) is 18.2 Å². The number of hydrogen-bond donors (Lipinski definition) is 1. The zero-order valence-electron chi connectivity index (χ0n) is 7.67. The summed E-state index contributed by atoms with van der Waals surface area (Å²) in [6, 6.07) is 4.57. The number of hydrogen-bond acceptors (Lipinski definition) is 2. The predicted octanol–water partition coefficient (Wildman–Crippen LogP) is 3.89. The van der Waals surface area contributed by atoms with Gasteiger partial charge in [-0.15, -0.1) is 0 Å². The van der Waals surface area contributed by atoms with Crippen molar-refractivity contribution in [1.82, 2.24) is 4.98 Å². The van der Waals surface area contributed by atoms with Crippen LogP contribution in [0.1, 0.15) is 10.5 Å². The standard InChI is InChI=1S/C10H4Cl3NO2/c11-6-2-1-4-5(8(6)12)3-7(10(15)16)14-9(4)13/h1-3H,(H,15,16). The highest BCUT2D eigenvalue weighted by atomic mass is 35.5. The van der Waals surface area contributed by atoms with E-state index >= 15 is 0 Å². The number of benzene rings is 1. The number of carboxylic acid groups (broad SMARTS) is 1. The van der Waals surface area contributed by atoms with Crippen molar-refractivity contribution >= 4 is 51.5 Å². The number of pyridine rings is 1. The molecule has 1 heterocycles. The smallest absolute Gasteiger partial charge is 0.354 e. The summed E-state index contributed by atoms with van der Waals surface area (Å²) in [7, 11) is 0. The highest BCUT2D eigenvalue weighted by Gasteiger charge is 2.13. The molecule has 0 atom stereocenters. The molecule has 0 aliphatic carbocycles. The van der Waals surface area contributed by atoms with E-state index in [2.05, 4.69) is 4.98 Å². The van der Waals surface area contributed by atoms with Crippen LogP contribution < -0.4 is 0 Å². The van der Waals surface area contributed by atoms with Crippen LogP contribution in [-0.2, 0) is 0 Å². The molecule has 16 heavy (non-hydrogen) atoms. The van der Waals surface area contributed by atoms with Crippen molar-refractivity contribution in [2.24, 2.45) is 0 Å². The summed E-state index contributed by atoms with van der Waals surface area (Å²) in [6.07, 6.45) is 0. The second-order valence-corrected chi connectivity index (χ2v) is 4.20. The van der Waals surface area contributed by atoms with E-state index in [1.165, 1.54) is 6.07 Å². The molecule has 6 heteroatoms. The van der Waals surface area contributed by atoms with Crippen LogP contribution >= 0.6 is 34.8 Å². The second kappa shape index (κ2) is 4.09. The van der Waals surface area contributed by atoms with Crippen LogP contribution in [0, 0.1) is 0 Å². The summed E-state index contributed by atoms with van der Waals surface area (Å²) < 4.78 is 0. The first kappa shape index (κ1) is 11.5. The first-order chi connectivity index (χ1) is 7.50. The van der Waals surface area contributed by atoms with Crippen molar-refractivity contribution in [2.75, 3.05) is 0 Å². The lowest BCUT2D eigenvalue weighted by Gasteiger charge is -2.05. The summed E-state index contributed by atoms with van der Waals surface area (Å²) in [5.41, 5.74) is -0.165. The van der Waals surface area contributed by atoms with E-state index in [9.17, 15) is 4.79 Å². The fourth-order valence-electron chi connectivity index (χ4n) is 1.33. The summed E-state index contributed by atoms with van der Waals surface area (Å²) in [5, 5.41) is 10.6. The summed E-state index contributed by atoms with van der Waals surface area (Å²) in [5.74, 6) is -1.17. The third-order valence-corrected chi connectivity index (χ3v) is 3.18. The second-order valence-electron chi connectivity index (χ2n) is 3.06. The van der Waals surface area contributed by atoms with E-state index in [4.69, 9.17) is 39.9 Å². The maximum atomic E-state index is 10.8. The molecule has 1 N–H and O–H groups in total. The van der Waals surface area contributed by atoms with Crippen molar-refractivity contribution in [3.63, 3.8) is 0 Å². The molecule has 3 nitrogen and oxygen atoms in total. The minimum absolute atomic E-state index is 0.0912. The Morgan fingerprint density at radius 3 is 2.50 bits per heavy atom. The summed E-state index contributed by atoms with van der Waals surface area (Å²) in [4.78, 5) is 14.5. The van der Waals surface area contributed by atoms with Crippen LogP contribution in [0.2, 0.25) is 15.2 Å². The third-order valence-electron chi connectivity index (χ3n) is 2.07. The van der Waals surface area contributed by atoms with Gasteiger partial charge in [0.15, 0.2) is 5.69 Å². The monoisotopic (exact) mass is 275 g/mol. The number of carbonyl (C=O) groups is 1. The Balaban J connectivity index is 2.88. The molecule has 0 unspecified atom stereocenters. The molecule has 1 aromatic carbocycles. The predicted molar refractivity (Wildman–Crippen MR) is 63.7 cm³/mol. The molecule has 0 radical (unpaired) electrons. The molecule has 0 spiro atoms. The Hall–Kier alpha value is -1.03. The lowest BCUT2D eigenvalue weighted by molar-refractivity contribution is 0.0691. The fourth-order valence-corrected chi connectivity index (χ4v) is 1.97. The van der Waals surface area contributed by atoms with Gasteiger partial charge >= 0.3 is 5.97 Å². The molecule has 0 bridgehead atoms. The van der Waals surface area contributed by atoms with Gasteiger partial charge in [0.05, 0.1) is 10.0 Å². The lowest BCUT2D eigenvalue weighted by Crippen LogP contribution is -2.00. The highest BCUT2D eigenvalue weighted by molar-refractivity contribution is 6.46. The molecule has 1 aromatic heterocycles. The molecule has 0 amide bonds. The van der Waals surface area contributed by atoms with Gasteiger partial charge in [0.1, 0.15) is 5.15 Å². The average Bonchev–Trinajstić information content (AvgIpc) is 2.23. The van der Waals surface area contributed by atoms with Crippen molar-refractivity contribution in [3.05, 3.63) is 39.1 Å². The topological polar surface area (TPSA) is 50.2 Å². The van der Waals surface area contributed by atoms with E-state index in [1.807, 2.05) is 0 Å². The number of nitrogens with zero attached hydrogens (tertiary/aromatic N) is 1. The fraction of sp³-hybridized carbons (Fsp3) is 0. The molecular weight excluding hydrogens is 272 g/mol. The Bertz CT molecular complexity index is 598. The molecule has 2 aromatic rings. The van der Waals surface area contributed by atoms with Crippen molar-refractivity contribution < 1.29 is 9.90 Å². The number of aromatic carboxylic acids is 1. The normalized spacial score (nSPS) is 10.7. The molecular formula is C10H4Cl3NO2. The number of halogens is 3. The molecule has 2 rings (SSSR count). The largest absolute Gasteiger partial charge is 0.477 e. The minimum atomic E-state index is -1.17. The molecule has 0 aliphatic heterocycles. The van der Waals surface area contributed by atoms with E-state index in [-0.39, 0.29) is 15.9 Å². The molecule has 0 saturated carbocycles. The molecule has 82 valence electrons. The van der Waals surface area contributed by atoms with Gasteiger partial charge in [0, 0.05) is 10.8 Å². The van der Waals surface area contributed by atoms with E-state index in [0.717, 1.165) is 0 Å². The Labute approximate surface area is 106 Å². The number of aromatic nitrogens is 1. The van der Waals surface area contributed by atoms with Gasteiger partial charge in [0.25, 0.3) is 0 Å². The van der Waals surface area contributed by atoms with Crippen LogP contribution in [0.25, 0.3) is 10.8 Å². The van der Waals surface area contributed by atoms with E-state index < -0.39 is 5.97 Å². The maximum absolute atomic E-state index is 10.8. The van der Waals surface area contributed by atoms with Crippen LogP contribution in [0.4, 0.5) is 0 Å². The van der Waals surface area contributed by atoms with Crippen LogP contribution in [-0.4, -0.2) is 16.1 Å². The molecule has 0 fully saturated rings. The quantitative estimate of drug-likeness (QED) is 0.804. The van der Waals surface area contributed by atoms with Gasteiger partial charge in [0.2, 0.25) is 0 Å². The summed E-state index contributed by atoms with van der Waals surface area (Å²) >= 11 is 17.6. The van der Waals surface area contributed by atoms with Gasteiger partial charge in [-0.2, -0.15) is 0 Å². The van der Waals surface area contributed by atoms with Crippen molar-refractivity contribution in [3.8, 4) is 0 Å². The minimum Gasteiger partial charge on any atom is -0.477 e. The van der Waals surface area contributed by atoms with Crippen LogP contribution in [0.5, 0.6) is 0 Å². The van der Waals surface area contributed by atoms with Gasteiger partial charge < -0.3 is 5.11 Å². The first-order valence-electron chi connectivity index (χ1n) is 4.18. The zero-order chi connectivity index (χ0) is 11.9. The van der Waals surface area contributed by atoms with Gasteiger partial charge in [-0.3, -0.25) is 0 Å². The SMILES string of the molecule is O=C(O)c1cc2c(Cl)c(Cl)ccc2c(Cl)n1. The third kappa shape index (κ3) is 1.82. The molecule has 0 saturated heterocycles. The maximum Gasteiger partial charge on any atom is 0.354 e. The summed E-state index contributed by atoms with van der Waals surface area (Å²) in [6.45, 7) is 0.